The Hall–Kier alpha value is -3.62. The van der Waals surface area contributed by atoms with Crippen molar-refractivity contribution in [1.29, 1.82) is 0 Å². The number of rotatable bonds is 7. The number of nitro groups is 1. The number of para-hydroxylation sites is 2. The van der Waals surface area contributed by atoms with Crippen LogP contribution in [0.4, 0.5) is 5.69 Å². The van der Waals surface area contributed by atoms with Gasteiger partial charge in [0.25, 0.3) is 17.5 Å². The number of nitrogens with zero attached hydrogens (tertiary/aromatic N) is 1. The number of hydrogen-bond acceptors (Lipinski definition) is 6. The highest BCUT2D eigenvalue weighted by Gasteiger charge is 2.15. The minimum atomic E-state index is -0.679. The highest BCUT2D eigenvalue weighted by Crippen LogP contribution is 2.26. The molecular weight excluding hydrogens is 354 g/mol. The maximum absolute atomic E-state index is 12.0. The van der Waals surface area contributed by atoms with E-state index < -0.39 is 16.7 Å². The first kappa shape index (κ1) is 19.7. The van der Waals surface area contributed by atoms with E-state index in [-0.39, 0.29) is 17.9 Å². The topological polar surface area (TPSA) is 120 Å². The summed E-state index contributed by atoms with van der Waals surface area (Å²) in [5.74, 6) is -0.379. The van der Waals surface area contributed by atoms with Gasteiger partial charge in [0.15, 0.2) is 18.1 Å². The number of carbonyl (C=O) groups excluding carboxylic acids is 2. The van der Waals surface area contributed by atoms with Crippen molar-refractivity contribution >= 4 is 17.5 Å². The molecular formula is C18H19N3O6. The number of aryl methyl sites for hydroxylation is 1. The SMILES string of the molecule is CCOc1ccccc1OCC(=O)NNC(=O)c1ccc(C)c([N+](=O)[O-])c1. The first-order valence-electron chi connectivity index (χ1n) is 8.11. The van der Waals surface area contributed by atoms with Gasteiger partial charge in [0.1, 0.15) is 0 Å². The van der Waals surface area contributed by atoms with Crippen LogP contribution in [0.15, 0.2) is 42.5 Å². The van der Waals surface area contributed by atoms with E-state index in [1.165, 1.54) is 12.1 Å². The molecule has 0 atom stereocenters. The molecule has 2 rings (SSSR count). The molecule has 0 unspecified atom stereocenters. The van der Waals surface area contributed by atoms with E-state index in [0.717, 1.165) is 6.07 Å². The fourth-order valence-electron chi connectivity index (χ4n) is 2.17. The van der Waals surface area contributed by atoms with Crippen molar-refractivity contribution in [2.45, 2.75) is 13.8 Å². The van der Waals surface area contributed by atoms with Crippen LogP contribution in [0.2, 0.25) is 0 Å². The molecule has 27 heavy (non-hydrogen) atoms. The fraction of sp³-hybridized carbons (Fsp3) is 0.222. The Kier molecular flexibility index (Phi) is 6.70. The molecule has 2 aromatic carbocycles. The van der Waals surface area contributed by atoms with Crippen molar-refractivity contribution in [2.24, 2.45) is 0 Å². The van der Waals surface area contributed by atoms with Crippen molar-refractivity contribution in [3.05, 3.63) is 63.7 Å². The molecule has 0 aromatic heterocycles. The Morgan fingerprint density at radius 3 is 2.37 bits per heavy atom. The van der Waals surface area contributed by atoms with Crippen molar-refractivity contribution in [3.8, 4) is 11.5 Å². The highest BCUT2D eigenvalue weighted by molar-refractivity contribution is 5.96. The predicted molar refractivity (Wildman–Crippen MR) is 96.5 cm³/mol. The molecule has 2 aromatic rings. The normalized spacial score (nSPS) is 10.0. The Morgan fingerprint density at radius 1 is 1.07 bits per heavy atom. The molecule has 9 nitrogen and oxygen atoms in total. The molecule has 0 bridgehead atoms. The number of hydrogen-bond donors (Lipinski definition) is 2. The van der Waals surface area contributed by atoms with Crippen LogP contribution in [-0.4, -0.2) is 30.0 Å². The van der Waals surface area contributed by atoms with Crippen LogP contribution in [0, 0.1) is 17.0 Å². The zero-order valence-electron chi connectivity index (χ0n) is 14.9. The molecule has 0 saturated heterocycles. The third-order valence-electron chi connectivity index (χ3n) is 3.49. The summed E-state index contributed by atoms with van der Waals surface area (Å²) in [5, 5.41) is 10.9. The highest BCUT2D eigenvalue weighted by atomic mass is 16.6. The van der Waals surface area contributed by atoms with E-state index in [4.69, 9.17) is 9.47 Å². The van der Waals surface area contributed by atoms with E-state index in [1.807, 2.05) is 6.92 Å². The summed E-state index contributed by atoms with van der Waals surface area (Å²) in [7, 11) is 0. The first-order chi connectivity index (χ1) is 12.9. The fourth-order valence-corrected chi connectivity index (χ4v) is 2.17. The number of amides is 2. The van der Waals surface area contributed by atoms with Crippen molar-refractivity contribution < 1.29 is 24.0 Å². The van der Waals surface area contributed by atoms with E-state index in [2.05, 4.69) is 10.9 Å². The summed E-state index contributed by atoms with van der Waals surface area (Å²) in [6, 6.07) is 10.9. The largest absolute Gasteiger partial charge is 0.490 e. The summed E-state index contributed by atoms with van der Waals surface area (Å²) >= 11 is 0. The van der Waals surface area contributed by atoms with Crippen LogP contribution in [-0.2, 0) is 4.79 Å². The zero-order valence-corrected chi connectivity index (χ0v) is 14.9. The predicted octanol–water partition coefficient (Wildman–Crippen LogP) is 2.14. The van der Waals surface area contributed by atoms with E-state index in [0.29, 0.717) is 23.7 Å². The smallest absolute Gasteiger partial charge is 0.276 e. The number of carbonyl (C=O) groups is 2. The number of benzene rings is 2. The summed E-state index contributed by atoms with van der Waals surface area (Å²) in [6.45, 7) is 3.50. The lowest BCUT2D eigenvalue weighted by Gasteiger charge is -2.12. The molecule has 0 saturated carbocycles. The molecule has 2 amide bonds. The summed E-state index contributed by atoms with van der Waals surface area (Å²) < 4.78 is 10.8. The van der Waals surface area contributed by atoms with Crippen LogP contribution >= 0.6 is 0 Å². The lowest BCUT2D eigenvalue weighted by molar-refractivity contribution is -0.385. The van der Waals surface area contributed by atoms with Crippen molar-refractivity contribution in [3.63, 3.8) is 0 Å². The number of nitro benzene ring substituents is 1. The van der Waals surface area contributed by atoms with Gasteiger partial charge in [-0.2, -0.15) is 0 Å². The maximum atomic E-state index is 12.0. The standard InChI is InChI=1S/C18H19N3O6/c1-3-26-15-6-4-5-7-16(15)27-11-17(22)19-20-18(23)13-9-8-12(2)14(10-13)21(24)25/h4-10H,3,11H2,1-2H3,(H,19,22)(H,20,23). The minimum absolute atomic E-state index is 0.0511. The van der Waals surface area contributed by atoms with Crippen molar-refractivity contribution in [1.82, 2.24) is 10.9 Å². The second-order valence-electron chi connectivity index (χ2n) is 5.43. The molecule has 142 valence electrons. The van der Waals surface area contributed by atoms with E-state index >= 15 is 0 Å². The van der Waals surface area contributed by atoms with Crippen molar-refractivity contribution in [2.75, 3.05) is 13.2 Å². The molecule has 0 aliphatic carbocycles. The van der Waals surface area contributed by atoms with Crippen LogP contribution in [0.25, 0.3) is 0 Å². The lowest BCUT2D eigenvalue weighted by Crippen LogP contribution is -2.43. The average Bonchev–Trinajstić information content (AvgIpc) is 2.65. The van der Waals surface area contributed by atoms with Crippen LogP contribution in [0.3, 0.4) is 0 Å². The second-order valence-corrected chi connectivity index (χ2v) is 5.43. The van der Waals surface area contributed by atoms with Gasteiger partial charge < -0.3 is 9.47 Å². The molecule has 0 heterocycles. The second kappa shape index (κ2) is 9.18. The monoisotopic (exact) mass is 373 g/mol. The molecule has 2 N–H and O–H groups in total. The van der Waals surface area contributed by atoms with E-state index in [1.54, 1.807) is 31.2 Å². The molecule has 0 aliphatic heterocycles. The van der Waals surface area contributed by atoms with Gasteiger partial charge in [0.2, 0.25) is 0 Å². The van der Waals surface area contributed by atoms with Gasteiger partial charge in [0.05, 0.1) is 11.5 Å². The van der Waals surface area contributed by atoms with Crippen LogP contribution in [0.5, 0.6) is 11.5 Å². The van der Waals surface area contributed by atoms with E-state index in [9.17, 15) is 19.7 Å². The first-order valence-corrected chi connectivity index (χ1v) is 8.11. The number of nitrogens with one attached hydrogen (secondary N) is 2. The Morgan fingerprint density at radius 2 is 1.74 bits per heavy atom. The Bertz CT molecular complexity index is 853. The molecule has 0 radical (unpaired) electrons. The maximum Gasteiger partial charge on any atom is 0.276 e. The van der Waals surface area contributed by atoms with Gasteiger partial charge in [-0.15, -0.1) is 0 Å². The lowest BCUT2D eigenvalue weighted by atomic mass is 10.1. The van der Waals surface area contributed by atoms with Gasteiger partial charge in [-0.25, -0.2) is 0 Å². The van der Waals surface area contributed by atoms with Gasteiger partial charge in [-0.1, -0.05) is 18.2 Å². The zero-order chi connectivity index (χ0) is 19.8. The molecule has 9 heteroatoms. The Labute approximate surface area is 155 Å². The molecule has 0 fully saturated rings. The van der Waals surface area contributed by atoms with Gasteiger partial charge in [-0.3, -0.25) is 30.6 Å². The van der Waals surface area contributed by atoms with Crippen LogP contribution in [0.1, 0.15) is 22.8 Å². The Balaban J connectivity index is 1.90. The van der Waals surface area contributed by atoms with Gasteiger partial charge >= 0.3 is 0 Å². The summed E-state index contributed by atoms with van der Waals surface area (Å²) in [4.78, 5) is 34.2. The summed E-state index contributed by atoms with van der Waals surface area (Å²) in [6.07, 6.45) is 0. The average molecular weight is 373 g/mol. The van der Waals surface area contributed by atoms with Gasteiger partial charge in [-0.05, 0) is 32.0 Å². The minimum Gasteiger partial charge on any atom is -0.490 e. The summed E-state index contributed by atoms with van der Waals surface area (Å²) in [5.41, 5.74) is 4.69. The van der Waals surface area contributed by atoms with Gasteiger partial charge in [0, 0.05) is 17.2 Å². The molecule has 0 aliphatic rings. The number of hydrazine groups is 1. The quantitative estimate of drug-likeness (QED) is 0.567. The molecule has 0 spiro atoms. The third kappa shape index (κ3) is 5.43. The third-order valence-corrected chi connectivity index (χ3v) is 3.49. The number of ether oxygens (including phenoxy) is 2. The van der Waals surface area contributed by atoms with Crippen LogP contribution < -0.4 is 20.3 Å².